The van der Waals surface area contributed by atoms with E-state index in [-0.39, 0.29) is 11.5 Å². The standard InChI is InChI=1S/C12H19N3O/c1-7-4-8(2)9(5-7)10-6-15(3)12(13)14-11(10)16/h6-9H,4-5H2,1-3H3,(H2,13,14,16)/t7-,8-,9+/m1/s1. The van der Waals surface area contributed by atoms with Crippen LogP contribution in [0.2, 0.25) is 0 Å². The van der Waals surface area contributed by atoms with Crippen molar-refractivity contribution < 1.29 is 0 Å². The third-order valence-corrected chi connectivity index (χ3v) is 3.67. The molecular weight excluding hydrogens is 202 g/mol. The quantitative estimate of drug-likeness (QED) is 0.782. The van der Waals surface area contributed by atoms with E-state index in [1.165, 1.54) is 6.42 Å². The van der Waals surface area contributed by atoms with Gasteiger partial charge in [0.15, 0.2) is 0 Å². The van der Waals surface area contributed by atoms with Crippen LogP contribution in [0.3, 0.4) is 0 Å². The second-order valence-corrected chi connectivity index (χ2v) is 5.13. The molecule has 1 aliphatic rings. The van der Waals surface area contributed by atoms with Crippen LogP contribution in [0.15, 0.2) is 11.0 Å². The summed E-state index contributed by atoms with van der Waals surface area (Å²) >= 11 is 0. The second-order valence-electron chi connectivity index (χ2n) is 5.13. The number of nitrogens with zero attached hydrogens (tertiary/aromatic N) is 2. The molecule has 4 nitrogen and oxygen atoms in total. The first kappa shape index (κ1) is 11.2. The van der Waals surface area contributed by atoms with Crippen LogP contribution in [0.5, 0.6) is 0 Å². The van der Waals surface area contributed by atoms with Gasteiger partial charge < -0.3 is 10.3 Å². The topological polar surface area (TPSA) is 60.9 Å². The normalized spacial score (nSPS) is 29.6. The summed E-state index contributed by atoms with van der Waals surface area (Å²) < 4.78 is 1.73. The van der Waals surface area contributed by atoms with E-state index in [1.807, 2.05) is 13.2 Å². The highest BCUT2D eigenvalue weighted by Crippen LogP contribution is 2.41. The SMILES string of the molecule is C[C@@H]1C[C@@H](C)[C@@H](c2cn(C)c(N)nc2=O)C1. The van der Waals surface area contributed by atoms with Gasteiger partial charge in [0.2, 0.25) is 5.95 Å². The highest BCUT2D eigenvalue weighted by atomic mass is 16.1. The van der Waals surface area contributed by atoms with E-state index in [2.05, 4.69) is 18.8 Å². The molecule has 16 heavy (non-hydrogen) atoms. The summed E-state index contributed by atoms with van der Waals surface area (Å²) in [5.74, 6) is 1.89. The number of anilines is 1. The van der Waals surface area contributed by atoms with Crippen molar-refractivity contribution in [3.8, 4) is 0 Å². The Morgan fingerprint density at radius 3 is 2.69 bits per heavy atom. The molecular formula is C12H19N3O. The number of hydrogen-bond acceptors (Lipinski definition) is 3. The summed E-state index contributed by atoms with van der Waals surface area (Å²) in [7, 11) is 1.83. The number of nitrogens with two attached hydrogens (primary N) is 1. The molecule has 0 unspecified atom stereocenters. The Kier molecular flexibility index (Phi) is 2.74. The summed E-state index contributed by atoms with van der Waals surface area (Å²) in [4.78, 5) is 15.7. The summed E-state index contributed by atoms with van der Waals surface area (Å²) in [6, 6.07) is 0. The molecule has 2 rings (SSSR count). The van der Waals surface area contributed by atoms with Crippen molar-refractivity contribution in [1.29, 1.82) is 0 Å². The van der Waals surface area contributed by atoms with Crippen LogP contribution in [0, 0.1) is 11.8 Å². The zero-order chi connectivity index (χ0) is 11.9. The average Bonchev–Trinajstić information content (AvgIpc) is 2.51. The maximum atomic E-state index is 11.8. The van der Waals surface area contributed by atoms with E-state index in [4.69, 9.17) is 5.73 Å². The first-order chi connectivity index (χ1) is 7.49. The molecule has 3 atom stereocenters. The molecule has 1 aliphatic carbocycles. The van der Waals surface area contributed by atoms with Gasteiger partial charge in [-0.3, -0.25) is 4.79 Å². The van der Waals surface area contributed by atoms with Gasteiger partial charge in [-0.1, -0.05) is 13.8 Å². The third-order valence-electron chi connectivity index (χ3n) is 3.67. The number of aromatic nitrogens is 2. The molecule has 0 spiro atoms. The summed E-state index contributed by atoms with van der Waals surface area (Å²) in [6.45, 7) is 4.45. The van der Waals surface area contributed by atoms with Gasteiger partial charge in [-0.05, 0) is 30.6 Å². The molecule has 0 aromatic carbocycles. The monoisotopic (exact) mass is 221 g/mol. The smallest absolute Gasteiger partial charge is 0.277 e. The zero-order valence-corrected chi connectivity index (χ0v) is 10.1. The molecule has 1 heterocycles. The number of nitrogen functional groups attached to an aromatic ring is 1. The molecule has 0 saturated heterocycles. The van der Waals surface area contributed by atoms with Crippen molar-refractivity contribution in [1.82, 2.24) is 9.55 Å². The van der Waals surface area contributed by atoms with Gasteiger partial charge in [-0.25, -0.2) is 0 Å². The van der Waals surface area contributed by atoms with Crippen molar-refractivity contribution in [3.05, 3.63) is 22.1 Å². The van der Waals surface area contributed by atoms with Crippen molar-refractivity contribution in [2.45, 2.75) is 32.6 Å². The van der Waals surface area contributed by atoms with Crippen LogP contribution in [0.4, 0.5) is 5.95 Å². The Morgan fingerprint density at radius 1 is 1.44 bits per heavy atom. The molecule has 4 heteroatoms. The molecule has 88 valence electrons. The van der Waals surface area contributed by atoms with Crippen molar-refractivity contribution >= 4 is 5.95 Å². The zero-order valence-electron chi connectivity index (χ0n) is 10.1. The van der Waals surface area contributed by atoms with Crippen LogP contribution < -0.4 is 11.3 Å². The fraction of sp³-hybridized carbons (Fsp3) is 0.667. The maximum Gasteiger partial charge on any atom is 0.277 e. The lowest BCUT2D eigenvalue weighted by atomic mass is 9.92. The molecule has 2 N–H and O–H groups in total. The fourth-order valence-corrected chi connectivity index (χ4v) is 2.83. The Hall–Kier alpha value is -1.32. The van der Waals surface area contributed by atoms with Gasteiger partial charge in [0.1, 0.15) is 0 Å². The predicted molar refractivity (Wildman–Crippen MR) is 64.2 cm³/mol. The highest BCUT2D eigenvalue weighted by Gasteiger charge is 2.31. The lowest BCUT2D eigenvalue weighted by Gasteiger charge is -2.15. The van der Waals surface area contributed by atoms with Crippen molar-refractivity contribution in [2.75, 3.05) is 5.73 Å². The van der Waals surface area contributed by atoms with Gasteiger partial charge in [0.25, 0.3) is 5.56 Å². The van der Waals surface area contributed by atoms with E-state index >= 15 is 0 Å². The van der Waals surface area contributed by atoms with Crippen LogP contribution in [0.25, 0.3) is 0 Å². The molecule has 1 aromatic rings. The number of rotatable bonds is 1. The first-order valence-electron chi connectivity index (χ1n) is 5.82. The summed E-state index contributed by atoms with van der Waals surface area (Å²) in [5.41, 5.74) is 6.28. The summed E-state index contributed by atoms with van der Waals surface area (Å²) in [5, 5.41) is 0. The lowest BCUT2D eigenvalue weighted by molar-refractivity contribution is 0.519. The van der Waals surface area contributed by atoms with E-state index < -0.39 is 0 Å². The highest BCUT2D eigenvalue weighted by molar-refractivity contribution is 5.23. The molecule has 1 fully saturated rings. The van der Waals surface area contributed by atoms with E-state index in [9.17, 15) is 4.79 Å². The number of hydrogen-bond donors (Lipinski definition) is 1. The van der Waals surface area contributed by atoms with Crippen LogP contribution >= 0.6 is 0 Å². The number of aryl methyl sites for hydroxylation is 1. The van der Waals surface area contributed by atoms with Gasteiger partial charge >= 0.3 is 0 Å². The average molecular weight is 221 g/mol. The maximum absolute atomic E-state index is 11.8. The molecule has 1 saturated carbocycles. The minimum Gasteiger partial charge on any atom is -0.369 e. The Bertz CT molecular complexity index is 452. The largest absolute Gasteiger partial charge is 0.369 e. The van der Waals surface area contributed by atoms with E-state index in [1.54, 1.807) is 4.57 Å². The van der Waals surface area contributed by atoms with Crippen LogP contribution in [0.1, 0.15) is 38.2 Å². The molecule has 0 amide bonds. The van der Waals surface area contributed by atoms with Crippen LogP contribution in [-0.4, -0.2) is 9.55 Å². The lowest BCUT2D eigenvalue weighted by Crippen LogP contribution is -2.22. The molecule has 0 bridgehead atoms. The van der Waals surface area contributed by atoms with E-state index in [0.717, 1.165) is 12.0 Å². The molecule has 1 aromatic heterocycles. The fourth-order valence-electron chi connectivity index (χ4n) is 2.83. The Morgan fingerprint density at radius 2 is 2.12 bits per heavy atom. The Labute approximate surface area is 95.5 Å². The summed E-state index contributed by atoms with van der Waals surface area (Å²) in [6.07, 6.45) is 4.13. The van der Waals surface area contributed by atoms with Crippen LogP contribution in [-0.2, 0) is 7.05 Å². The minimum atomic E-state index is -0.151. The second kappa shape index (κ2) is 3.92. The van der Waals surface area contributed by atoms with E-state index in [0.29, 0.717) is 17.8 Å². The van der Waals surface area contributed by atoms with Gasteiger partial charge in [0.05, 0.1) is 0 Å². The Balaban J connectivity index is 2.41. The van der Waals surface area contributed by atoms with Gasteiger partial charge in [-0.15, -0.1) is 0 Å². The van der Waals surface area contributed by atoms with Gasteiger partial charge in [-0.2, -0.15) is 4.98 Å². The predicted octanol–water partition coefficient (Wildman–Crippen LogP) is 1.51. The molecule has 0 radical (unpaired) electrons. The molecule has 0 aliphatic heterocycles. The van der Waals surface area contributed by atoms with Crippen molar-refractivity contribution in [2.24, 2.45) is 18.9 Å². The minimum absolute atomic E-state index is 0.151. The van der Waals surface area contributed by atoms with Crippen molar-refractivity contribution in [3.63, 3.8) is 0 Å². The van der Waals surface area contributed by atoms with Gasteiger partial charge in [0, 0.05) is 18.8 Å². The first-order valence-corrected chi connectivity index (χ1v) is 5.82. The third kappa shape index (κ3) is 1.84.